The van der Waals surface area contributed by atoms with E-state index < -0.39 is 11.6 Å². The molecule has 8 heterocycles. The lowest BCUT2D eigenvalue weighted by Gasteiger charge is -2.38. The van der Waals surface area contributed by atoms with Crippen LogP contribution in [0, 0.1) is 18.6 Å². The summed E-state index contributed by atoms with van der Waals surface area (Å²) in [6.45, 7) is 32.5. The zero-order chi connectivity index (χ0) is 56.1. The van der Waals surface area contributed by atoms with Crippen molar-refractivity contribution >= 4 is 40.0 Å². The summed E-state index contributed by atoms with van der Waals surface area (Å²) in [5.41, 5.74) is 6.43. The first-order valence-corrected chi connectivity index (χ1v) is 29.1. The second-order valence-electron chi connectivity index (χ2n) is 19.8. The third-order valence-electron chi connectivity index (χ3n) is 13.8. The van der Waals surface area contributed by atoms with E-state index >= 15 is 0 Å². The molecular formula is C62H89F2N9O3S. The van der Waals surface area contributed by atoms with E-state index in [1.165, 1.54) is 75.4 Å². The Kier molecular flexibility index (Phi) is 28.6. The number of aryl methyl sites for hydroxylation is 1. The van der Waals surface area contributed by atoms with Crippen molar-refractivity contribution in [1.82, 2.24) is 45.1 Å². The third kappa shape index (κ3) is 20.7. The predicted molar refractivity (Wildman–Crippen MR) is 314 cm³/mol. The Balaban J connectivity index is 0.000000246. The number of hydrogen-bond acceptors (Lipinski definition) is 10. The van der Waals surface area contributed by atoms with Gasteiger partial charge in [-0.1, -0.05) is 72.8 Å². The Labute approximate surface area is 464 Å². The van der Waals surface area contributed by atoms with Gasteiger partial charge in [0.25, 0.3) is 11.8 Å². The molecule has 4 fully saturated rings. The molecule has 5 aliphatic rings. The van der Waals surface area contributed by atoms with Gasteiger partial charge in [-0.25, -0.2) is 8.78 Å². The molecule has 5 aliphatic heterocycles. The number of piperidine rings is 2. The van der Waals surface area contributed by atoms with Crippen molar-refractivity contribution in [3.63, 3.8) is 0 Å². The van der Waals surface area contributed by atoms with Crippen LogP contribution in [0.5, 0.6) is 0 Å². The smallest absolute Gasteiger partial charge is 0.270 e. The minimum absolute atomic E-state index is 0.00805. The zero-order valence-corrected chi connectivity index (χ0v) is 48.4. The van der Waals surface area contributed by atoms with Crippen molar-refractivity contribution in [2.75, 3.05) is 58.9 Å². The number of thiophene rings is 1. The van der Waals surface area contributed by atoms with Crippen LogP contribution in [0.15, 0.2) is 132 Å². The Bertz CT molecular complexity index is 2510. The Morgan fingerprint density at radius 2 is 1.43 bits per heavy atom. The molecule has 4 aromatic rings. The number of pyridine rings is 2. The van der Waals surface area contributed by atoms with Gasteiger partial charge in [0.05, 0.1) is 17.6 Å². The van der Waals surface area contributed by atoms with Crippen molar-refractivity contribution in [2.45, 2.75) is 144 Å². The summed E-state index contributed by atoms with van der Waals surface area (Å²) in [5, 5.41) is 11.9. The highest BCUT2D eigenvalue weighted by atomic mass is 32.1. The van der Waals surface area contributed by atoms with E-state index in [1.54, 1.807) is 36.1 Å². The quantitative estimate of drug-likeness (QED) is 0.143. The molecule has 77 heavy (non-hydrogen) atoms. The first-order valence-electron chi connectivity index (χ1n) is 28.1. The number of unbranched alkanes of at least 4 members (excludes halogenated alkanes) is 1. The van der Waals surface area contributed by atoms with Gasteiger partial charge >= 0.3 is 0 Å². The van der Waals surface area contributed by atoms with Crippen LogP contribution in [0.25, 0.3) is 10.9 Å². The number of benzene rings is 1. The minimum atomic E-state index is -0.537. The standard InChI is InChI=1S/C25H38N4O.C20H25N5O2.C6H4F2.C5H6S.C4H10.C2H6/c1-6-22-16-19(4)17-24(29(22)8-3)25(30)28-15-11-12-21(18-28)26-20(5)23(7-2)27-13-9-10-14-27;26-18(14-24-8-1-2-9-24)23-16-6-4-10-25(13-16)20(27)17-12-21-11-15-5-3-7-22-19(15)17;7-5-2-1-3-6(8)4-5;1-5-2-3-6-4-5;1-3-4-2;1-2/h6,8,16-17,21,23,26H,3,5,7,9-15,18H2,1-2,4H3;3,5,7,11-12,16H,1-2,4,6,8-10,13-14H2,(H,23,26);1-4H;2-4H,1H3;3-4H2,1-2H3;1-2H3/b22-6-;;;;;/t21?,23-;;;;;/m1...../s1. The van der Waals surface area contributed by atoms with Crippen LogP contribution in [-0.2, 0) is 9.59 Å². The van der Waals surface area contributed by atoms with Crippen molar-refractivity contribution in [1.29, 1.82) is 0 Å². The molecule has 2 unspecified atom stereocenters. The number of amides is 3. The van der Waals surface area contributed by atoms with Crippen LogP contribution >= 0.6 is 11.3 Å². The van der Waals surface area contributed by atoms with Gasteiger partial charge in [-0.05, 0) is 169 Å². The zero-order valence-electron chi connectivity index (χ0n) is 47.5. The number of hydrogen-bond donors (Lipinski definition) is 2. The minimum Gasteiger partial charge on any atom is -0.383 e. The Morgan fingerprint density at radius 3 is 1.96 bits per heavy atom. The Morgan fingerprint density at radius 1 is 0.805 bits per heavy atom. The molecule has 1 aromatic carbocycles. The van der Waals surface area contributed by atoms with Gasteiger partial charge in [0.1, 0.15) is 17.3 Å². The first-order chi connectivity index (χ1) is 37.3. The van der Waals surface area contributed by atoms with Gasteiger partial charge < -0.3 is 25.3 Å². The molecule has 0 radical (unpaired) electrons. The average Bonchev–Trinajstić information content (AvgIpc) is 4.28. The van der Waals surface area contributed by atoms with E-state index in [1.807, 2.05) is 66.7 Å². The summed E-state index contributed by atoms with van der Waals surface area (Å²) < 4.78 is 23.9. The van der Waals surface area contributed by atoms with Crippen molar-refractivity contribution in [2.24, 2.45) is 0 Å². The number of rotatable bonds is 12. The number of carbonyl (C=O) groups is 3. The third-order valence-corrected chi connectivity index (χ3v) is 14.6. The van der Waals surface area contributed by atoms with E-state index in [2.05, 4.69) is 94.2 Å². The summed E-state index contributed by atoms with van der Waals surface area (Å²) in [7, 11) is 0. The van der Waals surface area contributed by atoms with Crippen LogP contribution in [0.3, 0.4) is 0 Å². The molecule has 2 N–H and O–H groups in total. The molecule has 9 rings (SSSR count). The summed E-state index contributed by atoms with van der Waals surface area (Å²) in [6.07, 6.45) is 25.3. The summed E-state index contributed by atoms with van der Waals surface area (Å²) in [5.74, 6) is -1.00. The van der Waals surface area contributed by atoms with E-state index in [0.29, 0.717) is 49.0 Å². The van der Waals surface area contributed by atoms with Gasteiger partial charge in [0, 0.05) is 91.9 Å². The molecule has 4 saturated heterocycles. The maximum atomic E-state index is 13.4. The average molecular weight is 1080 g/mol. The largest absolute Gasteiger partial charge is 0.383 e. The van der Waals surface area contributed by atoms with Crippen LogP contribution in [0.2, 0.25) is 0 Å². The number of carbonyl (C=O) groups excluding carboxylic acids is 3. The van der Waals surface area contributed by atoms with E-state index in [9.17, 15) is 23.2 Å². The second kappa shape index (κ2) is 34.7. The highest BCUT2D eigenvalue weighted by molar-refractivity contribution is 7.07. The van der Waals surface area contributed by atoms with E-state index in [-0.39, 0.29) is 29.8 Å². The molecule has 3 aromatic heterocycles. The molecular weight excluding hydrogens is 989 g/mol. The normalized spacial score (nSPS) is 19.1. The van der Waals surface area contributed by atoms with Gasteiger partial charge in [-0.2, -0.15) is 11.3 Å². The van der Waals surface area contributed by atoms with Crippen LogP contribution in [-0.4, -0.2) is 129 Å². The fourth-order valence-corrected chi connectivity index (χ4v) is 10.4. The van der Waals surface area contributed by atoms with E-state index in [4.69, 9.17) is 0 Å². The lowest BCUT2D eigenvalue weighted by atomic mass is 10.0. The number of fused-ring (bicyclic) bond motifs is 1. The lowest BCUT2D eigenvalue weighted by Crippen LogP contribution is -2.51. The maximum absolute atomic E-state index is 13.4. The van der Waals surface area contributed by atoms with Crippen molar-refractivity contribution in [3.05, 3.63) is 155 Å². The summed E-state index contributed by atoms with van der Waals surface area (Å²) >= 11 is 1.74. The van der Waals surface area contributed by atoms with Gasteiger partial charge in [-0.3, -0.25) is 34.2 Å². The number of halogens is 2. The topological polar surface area (TPSA) is 117 Å². The van der Waals surface area contributed by atoms with E-state index in [0.717, 1.165) is 80.2 Å². The number of aromatic nitrogens is 2. The van der Waals surface area contributed by atoms with Crippen molar-refractivity contribution in [3.8, 4) is 0 Å². The molecule has 15 heteroatoms. The number of likely N-dealkylation sites (tertiary alicyclic amines) is 4. The fourth-order valence-electron chi connectivity index (χ4n) is 9.75. The summed E-state index contributed by atoms with van der Waals surface area (Å²) in [4.78, 5) is 57.8. The van der Waals surface area contributed by atoms with Gasteiger partial charge in [-0.15, -0.1) is 0 Å². The summed E-state index contributed by atoms with van der Waals surface area (Å²) in [6, 6.07) is 11.1. The van der Waals surface area contributed by atoms with Crippen LogP contribution in [0.4, 0.5) is 8.78 Å². The lowest BCUT2D eigenvalue weighted by molar-refractivity contribution is -0.129. The highest BCUT2D eigenvalue weighted by Crippen LogP contribution is 2.27. The van der Waals surface area contributed by atoms with Crippen molar-refractivity contribution < 1.29 is 23.2 Å². The predicted octanol–water partition coefficient (Wildman–Crippen LogP) is 12.4. The molecule has 420 valence electrons. The second-order valence-corrected chi connectivity index (χ2v) is 20.5. The van der Waals surface area contributed by atoms with Crippen LogP contribution in [0.1, 0.15) is 135 Å². The first kappa shape index (κ1) is 63.5. The highest BCUT2D eigenvalue weighted by Gasteiger charge is 2.32. The molecule has 3 atom stereocenters. The van der Waals surface area contributed by atoms with Gasteiger partial charge in [0.15, 0.2) is 0 Å². The molecule has 0 saturated carbocycles. The fraction of sp³-hybridized carbons (Fsp3) is 0.500. The van der Waals surface area contributed by atoms with Crippen LogP contribution < -0.4 is 10.6 Å². The molecule has 12 nitrogen and oxygen atoms in total. The monoisotopic (exact) mass is 1080 g/mol. The Hall–Kier alpha value is -6.03. The molecule has 0 aliphatic carbocycles. The maximum Gasteiger partial charge on any atom is 0.270 e. The SMILES string of the molecule is C=CN1C(C(=O)N2CCCC(NC(=C)[C@@H](CC)N3CCCC3)C2)=CC(C)=C/C1=C/C.CC.CCCC.Cc1ccsc1.Fc1cccc(F)c1.O=C(CN1CCCC1)NC1CCCN(C(=O)c2cncc3cccnc23)C1. The molecule has 0 spiro atoms. The number of nitrogens with zero attached hydrogens (tertiary/aromatic N) is 7. The molecule has 3 amide bonds. The van der Waals surface area contributed by atoms with Gasteiger partial charge in [0.2, 0.25) is 5.91 Å². The number of allylic oxidation sites excluding steroid dienone is 4. The number of nitrogens with one attached hydrogen (secondary N) is 2. The molecule has 0 bridgehead atoms.